The lowest BCUT2D eigenvalue weighted by Gasteiger charge is -2.09. The zero-order valence-electron chi connectivity index (χ0n) is 18.2. The molecule has 1 aromatic carbocycles. The smallest absolute Gasteiger partial charge is 0.294 e. The Morgan fingerprint density at radius 3 is 1.53 bits per heavy atom. The van der Waals surface area contributed by atoms with E-state index in [4.69, 9.17) is 9.11 Å². The van der Waals surface area contributed by atoms with E-state index in [1.54, 1.807) is 0 Å². The van der Waals surface area contributed by atoms with Gasteiger partial charge in [0.1, 0.15) is 0 Å². The summed E-state index contributed by atoms with van der Waals surface area (Å²) in [5.41, 5.74) is -0.162. The molecule has 0 bridgehead atoms. The predicted molar refractivity (Wildman–Crippen MR) is 120 cm³/mol. The Hall–Kier alpha value is -2.02. The highest BCUT2D eigenvalue weighted by Crippen LogP contribution is 2.22. The van der Waals surface area contributed by atoms with Crippen LogP contribution in [0.25, 0.3) is 0 Å². The Morgan fingerprint density at radius 2 is 1.12 bits per heavy atom. The van der Waals surface area contributed by atoms with Gasteiger partial charge in [0.2, 0.25) is 11.8 Å². The van der Waals surface area contributed by atoms with Gasteiger partial charge in [0.05, 0.1) is 9.79 Å². The fourth-order valence-electron chi connectivity index (χ4n) is 3.08. The van der Waals surface area contributed by atoms with Gasteiger partial charge in [0.15, 0.2) is 0 Å². The Labute approximate surface area is 189 Å². The fraction of sp³-hybridized carbons (Fsp3) is 0.600. The summed E-state index contributed by atoms with van der Waals surface area (Å²) in [5.74, 6) is -0.353. The highest BCUT2D eigenvalue weighted by molar-refractivity contribution is 7.86. The van der Waals surface area contributed by atoms with Crippen LogP contribution in [0.4, 0.5) is 5.69 Å². The summed E-state index contributed by atoms with van der Waals surface area (Å²) in [6, 6.07) is 2.42. The van der Waals surface area contributed by atoms with Gasteiger partial charge in [0, 0.05) is 25.1 Å². The first-order valence-corrected chi connectivity index (χ1v) is 13.5. The van der Waals surface area contributed by atoms with E-state index in [2.05, 4.69) is 10.6 Å². The fourth-order valence-corrected chi connectivity index (χ4v) is 4.26. The van der Waals surface area contributed by atoms with Crippen LogP contribution in [0.15, 0.2) is 28.0 Å². The SMILES string of the molecule is CCNC(=O)CCCCCCCCCCC(=O)Nc1cc(S(=O)(=O)O)cc(S(=O)(=O)O)c1. The van der Waals surface area contributed by atoms with E-state index < -0.39 is 35.9 Å². The minimum Gasteiger partial charge on any atom is -0.356 e. The maximum atomic E-state index is 12.1. The molecule has 0 aromatic heterocycles. The number of amides is 2. The van der Waals surface area contributed by atoms with Gasteiger partial charge in [-0.15, -0.1) is 0 Å². The summed E-state index contributed by atoms with van der Waals surface area (Å²) in [6.07, 6.45) is 8.12. The third-order valence-electron chi connectivity index (χ3n) is 4.69. The minimum absolute atomic E-state index is 0.0877. The molecule has 4 N–H and O–H groups in total. The van der Waals surface area contributed by atoms with Crippen LogP contribution >= 0.6 is 0 Å². The molecule has 0 saturated carbocycles. The molecule has 0 unspecified atom stereocenters. The standard InChI is InChI=1S/C20H32N2O8S2/c1-2-21-19(23)11-9-7-5-3-4-6-8-10-12-20(24)22-16-13-17(31(25,26)27)15-18(14-16)32(28,29)30/h13-15H,2-12H2,1H3,(H,21,23)(H,22,24)(H,25,26,27)(H,28,29,30). The van der Waals surface area contributed by atoms with Gasteiger partial charge in [0.25, 0.3) is 20.2 Å². The van der Waals surface area contributed by atoms with Gasteiger partial charge < -0.3 is 10.6 Å². The molecule has 10 nitrogen and oxygen atoms in total. The summed E-state index contributed by atoms with van der Waals surface area (Å²) in [5, 5.41) is 5.15. The van der Waals surface area contributed by atoms with Gasteiger partial charge in [-0.25, -0.2) is 0 Å². The van der Waals surface area contributed by atoms with Crippen molar-refractivity contribution in [3.8, 4) is 0 Å². The molecule has 0 atom stereocenters. The van der Waals surface area contributed by atoms with Crippen LogP contribution in [0, 0.1) is 0 Å². The lowest BCUT2D eigenvalue weighted by molar-refractivity contribution is -0.121. The molecule has 0 aliphatic heterocycles. The molecule has 0 aliphatic carbocycles. The van der Waals surface area contributed by atoms with Crippen molar-refractivity contribution < 1.29 is 35.5 Å². The number of hydrogen-bond acceptors (Lipinski definition) is 6. The molecular formula is C20H32N2O8S2. The second-order valence-corrected chi connectivity index (χ2v) is 10.3. The second kappa shape index (κ2) is 13.5. The molecule has 182 valence electrons. The summed E-state index contributed by atoms with van der Waals surface area (Å²) < 4.78 is 63.5. The van der Waals surface area contributed by atoms with E-state index in [0.717, 1.165) is 57.1 Å². The molecule has 0 saturated heterocycles. The molecule has 0 heterocycles. The van der Waals surface area contributed by atoms with Crippen molar-refractivity contribution in [3.63, 3.8) is 0 Å². The van der Waals surface area contributed by atoms with Crippen LogP contribution in [0.1, 0.15) is 71.1 Å². The van der Waals surface area contributed by atoms with Gasteiger partial charge in [-0.05, 0) is 38.0 Å². The number of nitrogens with one attached hydrogen (secondary N) is 2. The van der Waals surface area contributed by atoms with E-state index in [1.165, 1.54) is 0 Å². The largest absolute Gasteiger partial charge is 0.356 e. The number of benzene rings is 1. The van der Waals surface area contributed by atoms with Gasteiger partial charge in [-0.2, -0.15) is 16.8 Å². The molecule has 1 aromatic rings. The molecule has 0 spiro atoms. The molecular weight excluding hydrogens is 460 g/mol. The Bertz CT molecular complexity index is 925. The van der Waals surface area contributed by atoms with Crippen LogP contribution in [-0.4, -0.2) is 44.3 Å². The van der Waals surface area contributed by atoms with Crippen LogP contribution in [-0.2, 0) is 29.8 Å². The monoisotopic (exact) mass is 492 g/mol. The normalized spacial score (nSPS) is 11.8. The molecule has 0 radical (unpaired) electrons. The summed E-state index contributed by atoms with van der Waals surface area (Å²) in [6.45, 7) is 2.54. The van der Waals surface area contributed by atoms with E-state index >= 15 is 0 Å². The van der Waals surface area contributed by atoms with Crippen LogP contribution in [0.5, 0.6) is 0 Å². The molecule has 2 amide bonds. The van der Waals surface area contributed by atoms with Crippen molar-refractivity contribution in [3.05, 3.63) is 18.2 Å². The average Bonchev–Trinajstić information content (AvgIpc) is 2.68. The van der Waals surface area contributed by atoms with Crippen LogP contribution < -0.4 is 10.6 Å². The minimum atomic E-state index is -4.73. The molecule has 0 aliphatic rings. The topological polar surface area (TPSA) is 167 Å². The number of anilines is 1. The molecule has 1 rings (SSSR count). The zero-order chi connectivity index (χ0) is 24.2. The summed E-state index contributed by atoms with van der Waals surface area (Å²) >= 11 is 0. The lowest BCUT2D eigenvalue weighted by Crippen LogP contribution is -2.21. The number of carbonyl (C=O) groups is 2. The number of carbonyl (C=O) groups excluding carboxylic acids is 2. The van der Waals surface area contributed by atoms with Crippen molar-refractivity contribution >= 4 is 37.7 Å². The maximum absolute atomic E-state index is 12.1. The van der Waals surface area contributed by atoms with E-state index in [1.807, 2.05) is 6.92 Å². The highest BCUT2D eigenvalue weighted by atomic mass is 32.2. The summed E-state index contributed by atoms with van der Waals surface area (Å²) in [4.78, 5) is 21.9. The maximum Gasteiger partial charge on any atom is 0.294 e. The van der Waals surface area contributed by atoms with E-state index in [0.29, 0.717) is 25.5 Å². The molecule has 0 fully saturated rings. The van der Waals surface area contributed by atoms with Crippen molar-refractivity contribution in [2.75, 3.05) is 11.9 Å². The molecule has 32 heavy (non-hydrogen) atoms. The number of rotatable bonds is 15. The van der Waals surface area contributed by atoms with Gasteiger partial charge in [-0.3, -0.25) is 18.7 Å². The number of hydrogen-bond donors (Lipinski definition) is 4. The highest BCUT2D eigenvalue weighted by Gasteiger charge is 2.19. The first-order valence-electron chi connectivity index (χ1n) is 10.6. The second-order valence-electron chi connectivity index (χ2n) is 7.47. The zero-order valence-corrected chi connectivity index (χ0v) is 19.8. The van der Waals surface area contributed by atoms with Crippen LogP contribution in [0.2, 0.25) is 0 Å². The van der Waals surface area contributed by atoms with Gasteiger partial charge >= 0.3 is 0 Å². The van der Waals surface area contributed by atoms with Crippen molar-refractivity contribution in [2.24, 2.45) is 0 Å². The van der Waals surface area contributed by atoms with Gasteiger partial charge in [-0.1, -0.05) is 38.5 Å². The van der Waals surface area contributed by atoms with E-state index in [9.17, 15) is 26.4 Å². The van der Waals surface area contributed by atoms with Crippen molar-refractivity contribution in [1.29, 1.82) is 0 Å². The molecule has 12 heteroatoms. The third kappa shape index (κ3) is 11.6. The van der Waals surface area contributed by atoms with Crippen LogP contribution in [0.3, 0.4) is 0 Å². The summed E-state index contributed by atoms with van der Waals surface area (Å²) in [7, 11) is -9.47. The van der Waals surface area contributed by atoms with E-state index in [-0.39, 0.29) is 18.0 Å². The Kier molecular flexibility index (Phi) is 11.8. The predicted octanol–water partition coefficient (Wildman–Crippen LogP) is 3.16. The number of unbranched alkanes of at least 4 members (excludes halogenated alkanes) is 7. The average molecular weight is 493 g/mol. The first-order chi connectivity index (χ1) is 14.9. The van der Waals surface area contributed by atoms with Crippen molar-refractivity contribution in [2.45, 2.75) is 80.9 Å². The Balaban J connectivity index is 2.33. The lowest BCUT2D eigenvalue weighted by atomic mass is 10.1. The first kappa shape index (κ1) is 28.0. The Morgan fingerprint density at radius 1 is 0.719 bits per heavy atom. The van der Waals surface area contributed by atoms with Crippen molar-refractivity contribution in [1.82, 2.24) is 5.32 Å². The quantitative estimate of drug-likeness (QED) is 0.214. The third-order valence-corrected chi connectivity index (χ3v) is 6.35.